The normalized spacial score (nSPS) is 25.7. The Morgan fingerprint density at radius 2 is 2.06 bits per heavy atom. The molecule has 1 N–H and O–H groups in total. The number of hydrogen-bond acceptors (Lipinski definition) is 1. The molecule has 0 aromatic heterocycles. The molecule has 0 aliphatic carbocycles. The monoisotopic (exact) mass is 329 g/mol. The van der Waals surface area contributed by atoms with Gasteiger partial charge in [0.2, 0.25) is 0 Å². The van der Waals surface area contributed by atoms with Gasteiger partial charge in [-0.25, -0.2) is 0 Å². The van der Waals surface area contributed by atoms with Crippen LogP contribution in [0.4, 0.5) is 0 Å². The van der Waals surface area contributed by atoms with Gasteiger partial charge in [0.05, 0.1) is 13.1 Å². The van der Waals surface area contributed by atoms with E-state index in [2.05, 4.69) is 25.7 Å². The van der Waals surface area contributed by atoms with E-state index in [1.54, 1.807) is 7.05 Å². The summed E-state index contributed by atoms with van der Waals surface area (Å²) in [6, 6.07) is 0.119. The molecule has 0 saturated carbocycles. The van der Waals surface area contributed by atoms with Gasteiger partial charge < -0.3 is 9.80 Å². The van der Waals surface area contributed by atoms with E-state index in [4.69, 9.17) is 0 Å². The van der Waals surface area contributed by atoms with Crippen molar-refractivity contribution < 1.29 is 42.0 Å². The average molecular weight is 329 g/mol. The second-order valence-corrected chi connectivity index (χ2v) is 5.09. The Labute approximate surface area is 138 Å². The van der Waals surface area contributed by atoms with Gasteiger partial charge in [-0.2, -0.15) is 0 Å². The van der Waals surface area contributed by atoms with Crippen molar-refractivity contribution in [2.45, 2.75) is 58.4 Å². The molecule has 0 aromatic rings. The van der Waals surface area contributed by atoms with Gasteiger partial charge in [-0.3, -0.25) is 4.79 Å². The zero-order chi connectivity index (χ0) is 12.7. The fourth-order valence-electron chi connectivity index (χ4n) is 3.02. The molecule has 1 aliphatic heterocycles. The number of rotatable bonds is 5. The Kier molecular flexibility index (Phi) is 9.72. The Morgan fingerprint density at radius 3 is 2.61 bits per heavy atom. The minimum Gasteiger partial charge on any atom is -0.444 e. The number of nitrogens with one attached hydrogen (secondary N) is 1. The van der Waals surface area contributed by atoms with Crippen LogP contribution < -0.4 is 5.32 Å². The second-order valence-electron chi connectivity index (χ2n) is 5.09. The molecular weight excluding hydrogens is 301 g/mol. The third-order valence-corrected chi connectivity index (χ3v) is 4.09. The molecule has 4 heteroatoms. The van der Waals surface area contributed by atoms with Crippen LogP contribution in [0.5, 0.6) is 0 Å². The number of amides is 1. The molecule has 3 nitrogen and oxygen atoms in total. The molecule has 1 amide bonds. The SMILES string of the molecule is CCCC(C(=O)NC)[N+]1(CC)[CH-]CCCCC1.[Y]. The van der Waals surface area contributed by atoms with Crippen LogP contribution in [0.25, 0.3) is 0 Å². The Morgan fingerprint density at radius 1 is 1.33 bits per heavy atom. The molecule has 0 spiro atoms. The number of hydrogen-bond donors (Lipinski definition) is 1. The van der Waals surface area contributed by atoms with Gasteiger partial charge in [0.1, 0.15) is 6.04 Å². The first-order valence-electron chi connectivity index (χ1n) is 7.12. The van der Waals surface area contributed by atoms with Crippen LogP contribution in [-0.4, -0.2) is 36.6 Å². The Bertz CT molecular complexity index is 238. The van der Waals surface area contributed by atoms with Gasteiger partial charge in [0, 0.05) is 46.2 Å². The number of quaternary nitrogens is 1. The van der Waals surface area contributed by atoms with Crippen molar-refractivity contribution in [1.82, 2.24) is 5.32 Å². The smallest absolute Gasteiger partial charge is 0.275 e. The molecule has 0 bridgehead atoms. The molecule has 0 aromatic carbocycles. The third-order valence-electron chi connectivity index (χ3n) is 4.09. The van der Waals surface area contributed by atoms with Gasteiger partial charge in [-0.15, -0.1) is 13.0 Å². The summed E-state index contributed by atoms with van der Waals surface area (Å²) >= 11 is 0. The first-order valence-corrected chi connectivity index (χ1v) is 7.12. The summed E-state index contributed by atoms with van der Waals surface area (Å²) in [6.45, 7) is 8.96. The minimum absolute atomic E-state index is 0. The van der Waals surface area contributed by atoms with E-state index < -0.39 is 0 Å². The van der Waals surface area contributed by atoms with Crippen molar-refractivity contribution in [3.8, 4) is 0 Å². The van der Waals surface area contributed by atoms with Gasteiger partial charge in [0.25, 0.3) is 5.91 Å². The summed E-state index contributed by atoms with van der Waals surface area (Å²) in [5.74, 6) is 0.215. The van der Waals surface area contributed by atoms with Gasteiger partial charge in [-0.05, 0) is 13.3 Å². The molecule has 1 radical (unpaired) electrons. The zero-order valence-electron chi connectivity index (χ0n) is 12.2. The number of likely N-dealkylation sites (tertiary alicyclic amines) is 1. The first kappa shape index (κ1) is 18.5. The molecule has 2 unspecified atom stereocenters. The van der Waals surface area contributed by atoms with Crippen LogP contribution in [0.1, 0.15) is 52.4 Å². The second kappa shape index (κ2) is 9.44. The van der Waals surface area contributed by atoms with Crippen LogP contribution in [0.15, 0.2) is 0 Å². The Balaban J connectivity index is 0.00000289. The van der Waals surface area contributed by atoms with Gasteiger partial charge >= 0.3 is 0 Å². The van der Waals surface area contributed by atoms with Crippen LogP contribution in [-0.2, 0) is 37.5 Å². The molecule has 103 valence electrons. The number of likely N-dealkylation sites (N-methyl/N-ethyl adjacent to an activating group) is 2. The molecule has 18 heavy (non-hydrogen) atoms. The zero-order valence-corrected chi connectivity index (χ0v) is 15.1. The first-order chi connectivity index (χ1) is 8.20. The summed E-state index contributed by atoms with van der Waals surface area (Å²) in [5.41, 5.74) is 0. The summed E-state index contributed by atoms with van der Waals surface area (Å²) in [7, 11) is 1.76. The predicted octanol–water partition coefficient (Wildman–Crippen LogP) is 2.47. The van der Waals surface area contributed by atoms with Crippen LogP contribution in [0.2, 0.25) is 0 Å². The van der Waals surface area contributed by atoms with E-state index in [0.29, 0.717) is 0 Å². The van der Waals surface area contributed by atoms with Crippen LogP contribution in [0.3, 0.4) is 0 Å². The molecule has 1 aliphatic rings. The number of nitrogens with zero attached hydrogens (tertiary/aromatic N) is 1. The van der Waals surface area contributed by atoms with E-state index in [9.17, 15) is 4.79 Å². The van der Waals surface area contributed by atoms with Crippen molar-refractivity contribution in [3.63, 3.8) is 0 Å². The van der Waals surface area contributed by atoms with E-state index in [-0.39, 0.29) is 44.7 Å². The summed E-state index contributed by atoms with van der Waals surface area (Å²) in [4.78, 5) is 12.1. The summed E-state index contributed by atoms with van der Waals surface area (Å²) in [5, 5.41) is 2.85. The van der Waals surface area contributed by atoms with Crippen LogP contribution >= 0.6 is 0 Å². The molecule has 1 fully saturated rings. The number of carbonyl (C=O) groups is 1. The van der Waals surface area contributed by atoms with Crippen LogP contribution in [0, 0.1) is 6.54 Å². The van der Waals surface area contributed by atoms with Crippen molar-refractivity contribution in [1.29, 1.82) is 0 Å². The predicted molar refractivity (Wildman–Crippen MR) is 71.2 cm³/mol. The standard InChI is InChI=1S/C14H28N2O.Y/c1-4-10-13(14(17)15-3)16(5-2)11-8-6-7-9-12-16;/h11,13H,4-10,12H2,1-3H3,(H,15,17);. The summed E-state index contributed by atoms with van der Waals surface area (Å²) < 4.78 is 0.896. The topological polar surface area (TPSA) is 29.1 Å². The van der Waals surface area contributed by atoms with E-state index in [1.165, 1.54) is 19.3 Å². The summed E-state index contributed by atoms with van der Waals surface area (Å²) in [6.07, 6.45) is 7.07. The number of carbonyl (C=O) groups excluding carboxylic acids is 1. The molecule has 2 atom stereocenters. The molecular formula is C14H28N2OY. The maximum absolute atomic E-state index is 12.1. The van der Waals surface area contributed by atoms with E-state index in [0.717, 1.165) is 36.8 Å². The maximum Gasteiger partial charge on any atom is 0.275 e. The minimum atomic E-state index is 0. The Hall–Kier alpha value is 0.534. The largest absolute Gasteiger partial charge is 0.444 e. The third kappa shape index (κ3) is 4.57. The molecule has 1 saturated heterocycles. The van der Waals surface area contributed by atoms with Crippen molar-refractivity contribution in [2.24, 2.45) is 0 Å². The van der Waals surface area contributed by atoms with Gasteiger partial charge in [0.15, 0.2) is 0 Å². The molecule has 1 rings (SSSR count). The van der Waals surface area contributed by atoms with E-state index in [1.807, 2.05) is 0 Å². The van der Waals surface area contributed by atoms with E-state index >= 15 is 0 Å². The average Bonchev–Trinajstić information content (AvgIpc) is 2.61. The van der Waals surface area contributed by atoms with Crippen molar-refractivity contribution in [2.75, 3.05) is 20.1 Å². The van der Waals surface area contributed by atoms with Crippen molar-refractivity contribution in [3.05, 3.63) is 6.54 Å². The fourth-order valence-corrected chi connectivity index (χ4v) is 3.02. The fraction of sp³-hybridized carbons (Fsp3) is 0.857. The molecule has 1 heterocycles. The maximum atomic E-state index is 12.1. The van der Waals surface area contributed by atoms with Gasteiger partial charge in [-0.1, -0.05) is 26.2 Å². The quantitative estimate of drug-likeness (QED) is 0.609. The van der Waals surface area contributed by atoms with Crippen molar-refractivity contribution >= 4 is 5.91 Å².